The molecular weight excluding hydrogens is 367 g/mol. The third-order valence-corrected chi connectivity index (χ3v) is 3.44. The van der Waals surface area contributed by atoms with Crippen molar-refractivity contribution in [3.8, 4) is 0 Å². The van der Waals surface area contributed by atoms with E-state index in [0.29, 0.717) is 0 Å². The highest BCUT2D eigenvalue weighted by atomic mass is 19.4. The fourth-order valence-electron chi connectivity index (χ4n) is 2.19. The highest BCUT2D eigenvalue weighted by Crippen LogP contribution is 2.22. The normalized spacial score (nSPS) is 15.8. The van der Waals surface area contributed by atoms with Crippen molar-refractivity contribution in [3.05, 3.63) is 0 Å². The molecule has 3 atom stereocenters. The van der Waals surface area contributed by atoms with Crippen molar-refractivity contribution in [3.63, 3.8) is 0 Å². The van der Waals surface area contributed by atoms with E-state index in [1.807, 2.05) is 0 Å². The van der Waals surface area contributed by atoms with Crippen LogP contribution in [0, 0.1) is 5.92 Å². The van der Waals surface area contributed by atoms with Gasteiger partial charge in [0.25, 0.3) is 0 Å². The van der Waals surface area contributed by atoms with Crippen molar-refractivity contribution in [2.45, 2.75) is 91.3 Å². The first-order chi connectivity index (χ1) is 12.1. The van der Waals surface area contributed by atoms with Gasteiger partial charge < -0.3 is 19.5 Å². The van der Waals surface area contributed by atoms with E-state index in [4.69, 9.17) is 14.2 Å². The first-order valence-corrected chi connectivity index (χ1v) is 9.00. The molecule has 0 aliphatic heterocycles. The van der Waals surface area contributed by atoms with Gasteiger partial charge in [-0.05, 0) is 47.0 Å². The van der Waals surface area contributed by atoms with Crippen LogP contribution in [0.1, 0.15) is 61.3 Å². The van der Waals surface area contributed by atoms with Crippen LogP contribution in [0.15, 0.2) is 0 Å². The molecule has 1 amide bonds. The molecule has 9 heteroatoms. The number of alkyl halides is 3. The Morgan fingerprint density at radius 1 is 1.04 bits per heavy atom. The third-order valence-electron chi connectivity index (χ3n) is 3.44. The molecule has 0 aliphatic rings. The number of carbonyl (C=O) groups is 2. The van der Waals surface area contributed by atoms with Gasteiger partial charge in [0.1, 0.15) is 17.7 Å². The molecule has 6 nitrogen and oxygen atoms in total. The van der Waals surface area contributed by atoms with Gasteiger partial charge in [-0.2, -0.15) is 13.2 Å². The lowest BCUT2D eigenvalue weighted by atomic mass is 10.0. The summed E-state index contributed by atoms with van der Waals surface area (Å²) in [6.45, 7) is 11.7. The Hall–Kier alpha value is -1.51. The minimum absolute atomic E-state index is 0.0901. The number of halogens is 3. The summed E-state index contributed by atoms with van der Waals surface area (Å²) in [5.41, 5.74) is -0.701. The van der Waals surface area contributed by atoms with E-state index >= 15 is 0 Å². The Bertz CT molecular complexity index is 475. The van der Waals surface area contributed by atoms with E-state index in [1.54, 1.807) is 41.5 Å². The molecule has 0 aromatic rings. The predicted molar refractivity (Wildman–Crippen MR) is 94.3 cm³/mol. The zero-order valence-corrected chi connectivity index (χ0v) is 17.1. The standard InChI is InChI=1S/C18H32F3NO5/c1-11(2)14(13(4)25-10-8-9-18(19,20)21)26-15(23)12(3)22-16(24)27-17(5,6)7/h11-14H,8-10H2,1-7H3,(H,22,24)/t12-,13-,14+/m0/s1. The molecule has 27 heavy (non-hydrogen) atoms. The van der Waals surface area contributed by atoms with Crippen molar-refractivity contribution in [1.29, 1.82) is 0 Å². The molecule has 0 aromatic carbocycles. The summed E-state index contributed by atoms with van der Waals surface area (Å²) in [6, 6.07) is -0.946. The van der Waals surface area contributed by atoms with Crippen LogP contribution in [-0.4, -0.2) is 48.7 Å². The van der Waals surface area contributed by atoms with Crippen molar-refractivity contribution < 1.29 is 37.0 Å². The summed E-state index contributed by atoms with van der Waals surface area (Å²) in [7, 11) is 0. The van der Waals surface area contributed by atoms with Crippen LogP contribution < -0.4 is 5.32 Å². The Balaban J connectivity index is 4.57. The first-order valence-electron chi connectivity index (χ1n) is 9.00. The predicted octanol–water partition coefficient (Wildman–Crippen LogP) is 4.22. The van der Waals surface area contributed by atoms with Crippen molar-refractivity contribution in [2.75, 3.05) is 6.61 Å². The maximum Gasteiger partial charge on any atom is 0.408 e. The summed E-state index contributed by atoms with van der Waals surface area (Å²) in [6.07, 6.45) is -7.31. The van der Waals surface area contributed by atoms with Crippen LogP contribution in [0.2, 0.25) is 0 Å². The number of alkyl carbamates (subject to hydrolysis) is 1. The maximum absolute atomic E-state index is 12.2. The summed E-state index contributed by atoms with van der Waals surface area (Å²) >= 11 is 0. The summed E-state index contributed by atoms with van der Waals surface area (Å²) < 4.78 is 52.4. The number of carbonyl (C=O) groups excluding carboxylic acids is 2. The van der Waals surface area contributed by atoms with Gasteiger partial charge in [0, 0.05) is 13.0 Å². The zero-order chi connectivity index (χ0) is 21.4. The van der Waals surface area contributed by atoms with Crippen LogP contribution in [-0.2, 0) is 19.0 Å². The minimum Gasteiger partial charge on any atom is -0.458 e. The van der Waals surface area contributed by atoms with Gasteiger partial charge in [0.2, 0.25) is 0 Å². The number of esters is 1. The fourth-order valence-corrected chi connectivity index (χ4v) is 2.19. The molecule has 0 aliphatic carbocycles. The lowest BCUT2D eigenvalue weighted by Gasteiger charge is -2.29. The maximum atomic E-state index is 12.2. The van der Waals surface area contributed by atoms with E-state index < -0.39 is 48.5 Å². The lowest BCUT2D eigenvalue weighted by Crippen LogP contribution is -2.45. The highest BCUT2D eigenvalue weighted by Gasteiger charge is 2.30. The number of amides is 1. The molecule has 0 bridgehead atoms. The van der Waals surface area contributed by atoms with Crippen molar-refractivity contribution in [1.82, 2.24) is 5.32 Å². The molecule has 0 radical (unpaired) electrons. The minimum atomic E-state index is -4.22. The van der Waals surface area contributed by atoms with E-state index in [0.717, 1.165) is 0 Å². The largest absolute Gasteiger partial charge is 0.458 e. The van der Waals surface area contributed by atoms with Gasteiger partial charge in [-0.25, -0.2) is 9.59 Å². The van der Waals surface area contributed by atoms with E-state index in [-0.39, 0.29) is 18.9 Å². The number of ether oxygens (including phenoxy) is 3. The average molecular weight is 399 g/mol. The molecule has 0 unspecified atom stereocenters. The molecule has 160 valence electrons. The molecule has 0 rings (SSSR count). The smallest absolute Gasteiger partial charge is 0.408 e. The van der Waals surface area contributed by atoms with Gasteiger partial charge in [-0.15, -0.1) is 0 Å². The number of hydrogen-bond donors (Lipinski definition) is 1. The first kappa shape index (κ1) is 25.5. The molecule has 0 spiro atoms. The van der Waals surface area contributed by atoms with Crippen LogP contribution in [0.3, 0.4) is 0 Å². The fraction of sp³-hybridized carbons (Fsp3) is 0.889. The molecule has 0 saturated heterocycles. The van der Waals surface area contributed by atoms with Crippen LogP contribution in [0.4, 0.5) is 18.0 Å². The second kappa shape index (κ2) is 10.7. The summed E-state index contributed by atoms with van der Waals surface area (Å²) in [5.74, 6) is -0.800. The van der Waals surface area contributed by atoms with Gasteiger partial charge in [-0.3, -0.25) is 0 Å². The quantitative estimate of drug-likeness (QED) is 0.464. The van der Waals surface area contributed by atoms with Gasteiger partial charge in [-0.1, -0.05) is 13.8 Å². The van der Waals surface area contributed by atoms with E-state index in [1.165, 1.54) is 6.92 Å². The Morgan fingerprint density at radius 3 is 2.04 bits per heavy atom. The lowest BCUT2D eigenvalue weighted by molar-refractivity contribution is -0.164. The number of nitrogens with one attached hydrogen (secondary N) is 1. The molecule has 0 heterocycles. The Kier molecular flexibility index (Phi) is 10.1. The summed E-state index contributed by atoms with van der Waals surface area (Å²) in [5, 5.41) is 2.39. The Labute approximate surface area is 159 Å². The van der Waals surface area contributed by atoms with E-state index in [2.05, 4.69) is 5.32 Å². The van der Waals surface area contributed by atoms with Crippen LogP contribution in [0.25, 0.3) is 0 Å². The third kappa shape index (κ3) is 12.5. The van der Waals surface area contributed by atoms with E-state index in [9.17, 15) is 22.8 Å². The molecule has 1 N–H and O–H groups in total. The monoisotopic (exact) mass is 399 g/mol. The molecular formula is C18H32F3NO5. The van der Waals surface area contributed by atoms with Crippen LogP contribution >= 0.6 is 0 Å². The Morgan fingerprint density at radius 2 is 1.59 bits per heavy atom. The topological polar surface area (TPSA) is 73.9 Å². The second-order valence-electron chi connectivity index (χ2n) is 7.81. The average Bonchev–Trinajstić information content (AvgIpc) is 2.45. The zero-order valence-electron chi connectivity index (χ0n) is 17.1. The molecule has 0 saturated carbocycles. The van der Waals surface area contributed by atoms with Crippen molar-refractivity contribution >= 4 is 12.1 Å². The number of rotatable bonds is 9. The van der Waals surface area contributed by atoms with Crippen LogP contribution in [0.5, 0.6) is 0 Å². The van der Waals surface area contributed by atoms with Gasteiger partial charge >= 0.3 is 18.2 Å². The molecule has 0 aromatic heterocycles. The SMILES string of the molecule is CC(C)[C@@H](OC(=O)[C@H](C)NC(=O)OC(C)(C)C)[C@H](C)OCCCC(F)(F)F. The van der Waals surface area contributed by atoms with Crippen molar-refractivity contribution in [2.24, 2.45) is 5.92 Å². The summed E-state index contributed by atoms with van der Waals surface area (Å²) in [4.78, 5) is 24.0. The highest BCUT2D eigenvalue weighted by molar-refractivity contribution is 5.81. The second-order valence-corrected chi connectivity index (χ2v) is 7.81. The van der Waals surface area contributed by atoms with Gasteiger partial charge in [0.15, 0.2) is 0 Å². The van der Waals surface area contributed by atoms with Gasteiger partial charge in [0.05, 0.1) is 6.10 Å². The molecule has 0 fully saturated rings. The number of hydrogen-bond acceptors (Lipinski definition) is 5.